The predicted octanol–water partition coefficient (Wildman–Crippen LogP) is 0.882. The van der Waals surface area contributed by atoms with E-state index in [1.807, 2.05) is 0 Å². The van der Waals surface area contributed by atoms with Gasteiger partial charge in [-0.25, -0.2) is 0 Å². The summed E-state index contributed by atoms with van der Waals surface area (Å²) >= 11 is 0. The van der Waals surface area contributed by atoms with Crippen LogP contribution in [0.1, 0.15) is 32.1 Å². The van der Waals surface area contributed by atoms with E-state index in [1.165, 1.54) is 45.2 Å². The molecule has 2 aliphatic rings. The lowest BCUT2D eigenvalue weighted by molar-refractivity contribution is 0.333. The Bertz CT molecular complexity index is 118. The Labute approximate surface area is 68.7 Å². The van der Waals surface area contributed by atoms with Gasteiger partial charge in [0.2, 0.25) is 0 Å². The SMILES string of the molecule is C1CCC2(C1)CCNCCN2. The van der Waals surface area contributed by atoms with Crippen molar-refractivity contribution in [3.8, 4) is 0 Å². The maximum absolute atomic E-state index is 3.69. The van der Waals surface area contributed by atoms with E-state index < -0.39 is 0 Å². The van der Waals surface area contributed by atoms with Crippen molar-refractivity contribution < 1.29 is 0 Å². The first-order valence-electron chi connectivity index (χ1n) is 4.87. The molecule has 0 atom stereocenters. The summed E-state index contributed by atoms with van der Waals surface area (Å²) in [4.78, 5) is 0. The number of hydrogen-bond donors (Lipinski definition) is 2. The largest absolute Gasteiger partial charge is 0.315 e. The average molecular weight is 154 g/mol. The van der Waals surface area contributed by atoms with Crippen LogP contribution in [0.15, 0.2) is 0 Å². The first-order chi connectivity index (χ1) is 5.41. The first-order valence-corrected chi connectivity index (χ1v) is 4.87. The molecular weight excluding hydrogens is 136 g/mol. The Hall–Kier alpha value is -0.0800. The fraction of sp³-hybridized carbons (Fsp3) is 1.00. The molecule has 64 valence electrons. The van der Waals surface area contributed by atoms with E-state index in [4.69, 9.17) is 0 Å². The highest BCUT2D eigenvalue weighted by atomic mass is 15.0. The molecule has 1 spiro atoms. The molecule has 2 heteroatoms. The van der Waals surface area contributed by atoms with Crippen LogP contribution in [0.3, 0.4) is 0 Å². The van der Waals surface area contributed by atoms with Gasteiger partial charge in [-0.1, -0.05) is 12.8 Å². The Balaban J connectivity index is 1.97. The van der Waals surface area contributed by atoms with Crippen molar-refractivity contribution in [2.45, 2.75) is 37.6 Å². The highest BCUT2D eigenvalue weighted by Gasteiger charge is 2.33. The van der Waals surface area contributed by atoms with E-state index >= 15 is 0 Å². The molecule has 0 amide bonds. The van der Waals surface area contributed by atoms with Gasteiger partial charge in [0.05, 0.1) is 0 Å². The van der Waals surface area contributed by atoms with Crippen LogP contribution >= 0.6 is 0 Å². The second-order valence-corrected chi connectivity index (χ2v) is 3.91. The van der Waals surface area contributed by atoms with Crippen molar-refractivity contribution in [3.05, 3.63) is 0 Å². The summed E-state index contributed by atoms with van der Waals surface area (Å²) in [5, 5.41) is 7.13. The molecule has 1 aliphatic heterocycles. The van der Waals surface area contributed by atoms with E-state index in [0.717, 1.165) is 6.54 Å². The van der Waals surface area contributed by atoms with Crippen molar-refractivity contribution in [1.29, 1.82) is 0 Å². The number of nitrogens with one attached hydrogen (secondary N) is 2. The van der Waals surface area contributed by atoms with Gasteiger partial charge < -0.3 is 10.6 Å². The highest BCUT2D eigenvalue weighted by molar-refractivity contribution is 4.94. The third-order valence-corrected chi connectivity index (χ3v) is 3.14. The van der Waals surface area contributed by atoms with Gasteiger partial charge in [-0.15, -0.1) is 0 Å². The van der Waals surface area contributed by atoms with Crippen LogP contribution < -0.4 is 10.6 Å². The molecule has 0 aromatic carbocycles. The van der Waals surface area contributed by atoms with Crippen molar-refractivity contribution in [1.82, 2.24) is 10.6 Å². The molecule has 2 nitrogen and oxygen atoms in total. The van der Waals surface area contributed by atoms with Crippen LogP contribution in [0.2, 0.25) is 0 Å². The van der Waals surface area contributed by atoms with E-state index in [1.54, 1.807) is 0 Å². The summed E-state index contributed by atoms with van der Waals surface area (Å²) in [6.45, 7) is 3.54. The molecule has 11 heavy (non-hydrogen) atoms. The minimum atomic E-state index is 0.545. The van der Waals surface area contributed by atoms with Crippen LogP contribution in [-0.4, -0.2) is 25.2 Å². The molecule has 1 aliphatic carbocycles. The first kappa shape index (κ1) is 7.56. The van der Waals surface area contributed by atoms with Gasteiger partial charge in [0, 0.05) is 18.6 Å². The van der Waals surface area contributed by atoms with Crippen LogP contribution in [0.25, 0.3) is 0 Å². The summed E-state index contributed by atoms with van der Waals surface area (Å²) in [6, 6.07) is 0. The lowest BCUT2D eigenvalue weighted by Crippen LogP contribution is -2.42. The molecule has 0 bridgehead atoms. The van der Waals surface area contributed by atoms with Crippen LogP contribution in [0, 0.1) is 0 Å². The minimum Gasteiger partial charge on any atom is -0.315 e. The van der Waals surface area contributed by atoms with Gasteiger partial charge in [0.25, 0.3) is 0 Å². The fourth-order valence-electron chi connectivity index (χ4n) is 2.44. The third kappa shape index (κ3) is 1.57. The van der Waals surface area contributed by atoms with E-state index in [-0.39, 0.29) is 0 Å². The van der Waals surface area contributed by atoms with Gasteiger partial charge in [0.15, 0.2) is 0 Å². The van der Waals surface area contributed by atoms with Gasteiger partial charge in [-0.3, -0.25) is 0 Å². The summed E-state index contributed by atoms with van der Waals surface area (Å²) in [5.74, 6) is 0. The zero-order valence-electron chi connectivity index (χ0n) is 7.16. The standard InChI is InChI=1S/C9H18N2/c1-2-4-9(3-1)5-6-10-7-8-11-9/h10-11H,1-8H2. The molecule has 0 aromatic rings. The van der Waals surface area contributed by atoms with E-state index in [2.05, 4.69) is 10.6 Å². The van der Waals surface area contributed by atoms with Crippen LogP contribution in [-0.2, 0) is 0 Å². The van der Waals surface area contributed by atoms with Crippen molar-refractivity contribution in [3.63, 3.8) is 0 Å². The Morgan fingerprint density at radius 1 is 0.818 bits per heavy atom. The number of hydrogen-bond acceptors (Lipinski definition) is 2. The highest BCUT2D eigenvalue weighted by Crippen LogP contribution is 2.32. The lowest BCUT2D eigenvalue weighted by Gasteiger charge is -2.27. The summed E-state index contributed by atoms with van der Waals surface area (Å²) in [5.41, 5.74) is 0.545. The third-order valence-electron chi connectivity index (χ3n) is 3.14. The van der Waals surface area contributed by atoms with Crippen molar-refractivity contribution >= 4 is 0 Å². The van der Waals surface area contributed by atoms with Crippen molar-refractivity contribution in [2.75, 3.05) is 19.6 Å². The molecular formula is C9H18N2. The average Bonchev–Trinajstić information content (AvgIpc) is 2.32. The molecule has 1 saturated heterocycles. The maximum Gasteiger partial charge on any atom is 0.0194 e. The molecule has 2 rings (SSSR count). The van der Waals surface area contributed by atoms with Crippen LogP contribution in [0.5, 0.6) is 0 Å². The lowest BCUT2D eigenvalue weighted by atomic mass is 9.94. The van der Waals surface area contributed by atoms with Gasteiger partial charge in [-0.05, 0) is 25.8 Å². The maximum atomic E-state index is 3.69. The van der Waals surface area contributed by atoms with Gasteiger partial charge in [0.1, 0.15) is 0 Å². The van der Waals surface area contributed by atoms with Gasteiger partial charge >= 0.3 is 0 Å². The van der Waals surface area contributed by atoms with E-state index in [0.29, 0.717) is 5.54 Å². The monoisotopic (exact) mass is 154 g/mol. The zero-order chi connectivity index (χ0) is 7.57. The summed E-state index contributed by atoms with van der Waals surface area (Å²) in [6.07, 6.45) is 7.04. The molecule has 2 fully saturated rings. The summed E-state index contributed by atoms with van der Waals surface area (Å²) in [7, 11) is 0. The Morgan fingerprint density at radius 2 is 1.64 bits per heavy atom. The molecule has 0 aromatic heterocycles. The molecule has 0 radical (unpaired) electrons. The number of rotatable bonds is 0. The Kier molecular flexibility index (Phi) is 2.14. The van der Waals surface area contributed by atoms with Gasteiger partial charge in [-0.2, -0.15) is 0 Å². The summed E-state index contributed by atoms with van der Waals surface area (Å²) < 4.78 is 0. The van der Waals surface area contributed by atoms with E-state index in [9.17, 15) is 0 Å². The fourth-order valence-corrected chi connectivity index (χ4v) is 2.44. The molecule has 0 unspecified atom stereocenters. The smallest absolute Gasteiger partial charge is 0.0194 e. The second-order valence-electron chi connectivity index (χ2n) is 3.91. The second kappa shape index (κ2) is 3.11. The molecule has 2 N–H and O–H groups in total. The Morgan fingerprint density at radius 3 is 2.45 bits per heavy atom. The zero-order valence-corrected chi connectivity index (χ0v) is 7.16. The quantitative estimate of drug-likeness (QED) is 0.541. The normalized spacial score (nSPS) is 30.5. The topological polar surface area (TPSA) is 24.1 Å². The van der Waals surface area contributed by atoms with Crippen LogP contribution in [0.4, 0.5) is 0 Å². The van der Waals surface area contributed by atoms with Crippen molar-refractivity contribution in [2.24, 2.45) is 0 Å². The minimum absolute atomic E-state index is 0.545. The molecule has 1 saturated carbocycles. The molecule has 1 heterocycles. The predicted molar refractivity (Wildman–Crippen MR) is 46.7 cm³/mol.